The topological polar surface area (TPSA) is 17.1 Å². The predicted octanol–water partition coefficient (Wildman–Crippen LogP) is 3.63. The summed E-state index contributed by atoms with van der Waals surface area (Å²) >= 11 is 7.02. The molecule has 0 bridgehead atoms. The highest BCUT2D eigenvalue weighted by Crippen LogP contribution is 2.22. The van der Waals surface area contributed by atoms with E-state index < -0.39 is 0 Å². The lowest BCUT2D eigenvalue weighted by Crippen LogP contribution is -1.88. The molecule has 0 saturated heterocycles. The van der Waals surface area contributed by atoms with Gasteiger partial charge in [-0.1, -0.05) is 18.2 Å². The highest BCUT2D eigenvalue weighted by atomic mass is 35.5. The van der Waals surface area contributed by atoms with Gasteiger partial charge < -0.3 is 0 Å². The zero-order valence-electron chi connectivity index (χ0n) is 8.13. The number of rotatable bonds is 5. The number of carbonyl (C=O) groups excluding carboxylic acids is 1. The lowest BCUT2D eigenvalue weighted by Gasteiger charge is -2.03. The minimum atomic E-state index is -0.240. The van der Waals surface area contributed by atoms with Crippen molar-refractivity contribution >= 4 is 28.6 Å². The predicted molar refractivity (Wildman–Crippen MR) is 62.0 cm³/mol. The summed E-state index contributed by atoms with van der Waals surface area (Å²) in [4.78, 5) is 11.8. The second-order valence-corrected chi connectivity index (χ2v) is 4.63. The van der Waals surface area contributed by atoms with Gasteiger partial charge in [0.25, 0.3) is 0 Å². The second-order valence-electron chi connectivity index (χ2n) is 3.07. The van der Waals surface area contributed by atoms with Crippen LogP contribution in [0, 0.1) is 6.92 Å². The number of hydrogen-bond acceptors (Lipinski definition) is 2. The van der Waals surface area contributed by atoms with Gasteiger partial charge in [0.1, 0.15) is 0 Å². The maximum Gasteiger partial charge on any atom is 0.221 e. The normalized spacial score (nSPS) is 10.1. The van der Waals surface area contributed by atoms with Crippen molar-refractivity contribution in [1.82, 2.24) is 0 Å². The Morgan fingerprint density at radius 1 is 1.43 bits per heavy atom. The summed E-state index contributed by atoms with van der Waals surface area (Å²) in [5.74, 6) is 0.948. The molecule has 0 aliphatic heterocycles. The first-order valence-electron chi connectivity index (χ1n) is 4.57. The molecule has 0 spiro atoms. The zero-order valence-corrected chi connectivity index (χ0v) is 9.70. The van der Waals surface area contributed by atoms with Crippen LogP contribution in [0.25, 0.3) is 0 Å². The molecule has 1 nitrogen and oxygen atoms in total. The van der Waals surface area contributed by atoms with E-state index in [1.807, 2.05) is 12.1 Å². The molecule has 0 unspecified atom stereocenters. The third-order valence-electron chi connectivity index (χ3n) is 1.87. The fraction of sp³-hybridized carbons (Fsp3) is 0.364. The number of halogens is 1. The second kappa shape index (κ2) is 6.10. The summed E-state index contributed by atoms with van der Waals surface area (Å²) in [5, 5.41) is -0.240. The average Bonchev–Trinajstić information content (AvgIpc) is 2.15. The molecule has 0 radical (unpaired) electrons. The van der Waals surface area contributed by atoms with Crippen molar-refractivity contribution in [2.45, 2.75) is 24.7 Å². The molecule has 0 N–H and O–H groups in total. The van der Waals surface area contributed by atoms with Crippen molar-refractivity contribution in [2.24, 2.45) is 0 Å². The molecule has 0 heterocycles. The third-order valence-corrected chi connectivity index (χ3v) is 3.32. The van der Waals surface area contributed by atoms with E-state index in [1.54, 1.807) is 11.8 Å². The van der Waals surface area contributed by atoms with Crippen molar-refractivity contribution in [3.63, 3.8) is 0 Å². The van der Waals surface area contributed by atoms with E-state index in [9.17, 15) is 4.79 Å². The van der Waals surface area contributed by atoms with Crippen LogP contribution < -0.4 is 0 Å². The number of carbonyl (C=O) groups is 1. The smallest absolute Gasteiger partial charge is 0.221 e. The van der Waals surface area contributed by atoms with Crippen LogP contribution in [0.5, 0.6) is 0 Å². The van der Waals surface area contributed by atoms with Gasteiger partial charge in [0.15, 0.2) is 0 Å². The van der Waals surface area contributed by atoms with Crippen LogP contribution in [0.3, 0.4) is 0 Å². The molecule has 1 aromatic carbocycles. The summed E-state index contributed by atoms with van der Waals surface area (Å²) in [6, 6.07) is 8.25. The van der Waals surface area contributed by atoms with E-state index in [2.05, 4.69) is 19.1 Å². The lowest BCUT2D eigenvalue weighted by molar-refractivity contribution is -0.111. The summed E-state index contributed by atoms with van der Waals surface area (Å²) < 4.78 is 0. The van der Waals surface area contributed by atoms with Crippen molar-refractivity contribution < 1.29 is 4.79 Å². The van der Waals surface area contributed by atoms with Gasteiger partial charge in [-0.2, -0.15) is 0 Å². The molecule has 1 aromatic rings. The zero-order chi connectivity index (χ0) is 10.4. The van der Waals surface area contributed by atoms with Gasteiger partial charge in [-0.3, -0.25) is 4.79 Å². The van der Waals surface area contributed by atoms with Gasteiger partial charge in [0, 0.05) is 11.3 Å². The monoisotopic (exact) mass is 228 g/mol. The molecular weight excluding hydrogens is 216 g/mol. The maximum absolute atomic E-state index is 10.5. The molecule has 76 valence electrons. The third kappa shape index (κ3) is 4.16. The Morgan fingerprint density at radius 3 is 2.79 bits per heavy atom. The van der Waals surface area contributed by atoms with Gasteiger partial charge in [-0.15, -0.1) is 11.8 Å². The van der Waals surface area contributed by atoms with Gasteiger partial charge >= 0.3 is 0 Å². The minimum absolute atomic E-state index is 0.240. The Balaban J connectivity index is 2.31. The first-order valence-corrected chi connectivity index (χ1v) is 5.93. The summed E-state index contributed by atoms with van der Waals surface area (Å²) in [5.41, 5.74) is 1.29. The van der Waals surface area contributed by atoms with E-state index in [0.717, 1.165) is 12.2 Å². The molecule has 0 aliphatic rings. The van der Waals surface area contributed by atoms with Crippen LogP contribution in [0.15, 0.2) is 29.2 Å². The Morgan fingerprint density at radius 2 is 2.14 bits per heavy atom. The highest BCUT2D eigenvalue weighted by molar-refractivity contribution is 7.99. The van der Waals surface area contributed by atoms with Crippen LogP contribution in [0.2, 0.25) is 0 Å². The number of benzene rings is 1. The average molecular weight is 229 g/mol. The number of aryl methyl sites for hydroxylation is 1. The Hall–Kier alpha value is -0.470. The van der Waals surface area contributed by atoms with Crippen molar-refractivity contribution in [3.8, 4) is 0 Å². The lowest BCUT2D eigenvalue weighted by atomic mass is 10.2. The molecule has 0 aliphatic carbocycles. The minimum Gasteiger partial charge on any atom is -0.281 e. The number of hydrogen-bond donors (Lipinski definition) is 0. The van der Waals surface area contributed by atoms with Crippen molar-refractivity contribution in [2.75, 3.05) is 5.75 Å². The SMILES string of the molecule is Cc1ccccc1SCCCC(=O)Cl. The molecule has 0 aromatic heterocycles. The quantitative estimate of drug-likeness (QED) is 0.435. The first-order chi connectivity index (χ1) is 6.70. The van der Waals surface area contributed by atoms with Crippen LogP contribution in [-0.4, -0.2) is 11.0 Å². The van der Waals surface area contributed by atoms with E-state index >= 15 is 0 Å². The van der Waals surface area contributed by atoms with E-state index in [0.29, 0.717) is 6.42 Å². The molecule has 14 heavy (non-hydrogen) atoms. The van der Waals surface area contributed by atoms with Crippen LogP contribution in [0.4, 0.5) is 0 Å². The molecule has 0 fully saturated rings. The van der Waals surface area contributed by atoms with Gasteiger partial charge in [-0.05, 0) is 42.3 Å². The summed E-state index contributed by atoms with van der Waals surface area (Å²) in [6.45, 7) is 2.09. The Labute approximate surface area is 93.8 Å². The Bertz CT molecular complexity index is 312. The Kier molecular flexibility index (Phi) is 5.05. The fourth-order valence-corrected chi connectivity index (χ4v) is 2.22. The molecule has 0 saturated carbocycles. The van der Waals surface area contributed by atoms with Gasteiger partial charge in [-0.25, -0.2) is 0 Å². The van der Waals surface area contributed by atoms with Gasteiger partial charge in [0.05, 0.1) is 0 Å². The highest BCUT2D eigenvalue weighted by Gasteiger charge is 1.99. The van der Waals surface area contributed by atoms with Gasteiger partial charge in [0.2, 0.25) is 5.24 Å². The molecule has 0 atom stereocenters. The molecule has 0 amide bonds. The fourth-order valence-electron chi connectivity index (χ4n) is 1.11. The molecule has 1 rings (SSSR count). The summed E-state index contributed by atoms with van der Waals surface area (Å²) in [6.07, 6.45) is 1.32. The van der Waals surface area contributed by atoms with E-state index in [-0.39, 0.29) is 5.24 Å². The van der Waals surface area contributed by atoms with Crippen LogP contribution >= 0.6 is 23.4 Å². The standard InChI is InChI=1S/C11H13ClOS/c1-9-5-2-3-6-10(9)14-8-4-7-11(12)13/h2-3,5-6H,4,7-8H2,1H3. The van der Waals surface area contributed by atoms with Crippen LogP contribution in [-0.2, 0) is 4.79 Å². The largest absolute Gasteiger partial charge is 0.281 e. The van der Waals surface area contributed by atoms with Crippen molar-refractivity contribution in [1.29, 1.82) is 0 Å². The van der Waals surface area contributed by atoms with Crippen LogP contribution in [0.1, 0.15) is 18.4 Å². The van der Waals surface area contributed by atoms with Crippen molar-refractivity contribution in [3.05, 3.63) is 29.8 Å². The van der Waals surface area contributed by atoms with E-state index in [4.69, 9.17) is 11.6 Å². The number of thioether (sulfide) groups is 1. The summed E-state index contributed by atoms with van der Waals surface area (Å²) in [7, 11) is 0. The molecule has 3 heteroatoms. The molecular formula is C11H13ClOS. The maximum atomic E-state index is 10.5. The first kappa shape index (κ1) is 11.6. The van der Waals surface area contributed by atoms with E-state index in [1.165, 1.54) is 10.5 Å².